The number of alkyl halides is 3. The Kier molecular flexibility index (Phi) is 14.8. The third-order valence-electron chi connectivity index (χ3n) is 5.56. The van der Waals surface area contributed by atoms with E-state index in [0.29, 0.717) is 12.8 Å². The zero-order valence-electron chi connectivity index (χ0n) is 27.0. The molecule has 1 aliphatic rings. The van der Waals surface area contributed by atoms with Gasteiger partial charge in [0.25, 0.3) is 0 Å². The number of rotatable bonds is 1. The van der Waals surface area contributed by atoms with E-state index in [1.807, 2.05) is 0 Å². The predicted octanol–water partition coefficient (Wildman–Crippen LogP) is 6.30. The van der Waals surface area contributed by atoms with Gasteiger partial charge in [-0.1, -0.05) is 34.8 Å². The monoisotopic (exact) mass is 674 g/mol. The van der Waals surface area contributed by atoms with Gasteiger partial charge in [0.05, 0.1) is 0 Å². The lowest BCUT2D eigenvalue weighted by Gasteiger charge is -2.34. The van der Waals surface area contributed by atoms with E-state index in [4.69, 9.17) is 53.8 Å². The van der Waals surface area contributed by atoms with Crippen LogP contribution in [-0.4, -0.2) is 124 Å². The Bertz CT molecular complexity index is 942. The number of hydrogen-bond donors (Lipinski definition) is 0. The van der Waals surface area contributed by atoms with Crippen molar-refractivity contribution in [3.63, 3.8) is 0 Å². The summed E-state index contributed by atoms with van der Waals surface area (Å²) in [6.45, 7) is 16.8. The molecule has 0 aromatic carbocycles. The summed E-state index contributed by atoms with van der Waals surface area (Å²) in [5, 5.41) is 0. The summed E-state index contributed by atoms with van der Waals surface area (Å²) in [5.74, 6) is 0. The fraction of sp³-hybridized carbons (Fsp3) is 0.857. The number of carbonyl (C=O) groups excluding carboxylic acids is 4. The highest BCUT2D eigenvalue weighted by Crippen LogP contribution is 2.26. The lowest BCUT2D eigenvalue weighted by molar-refractivity contribution is 0.0100. The van der Waals surface area contributed by atoms with E-state index in [1.54, 1.807) is 62.3 Å². The largest absolute Gasteiger partial charge is 0.445 e. The fourth-order valence-corrected chi connectivity index (χ4v) is 3.94. The Balaban J connectivity index is 3.30. The van der Waals surface area contributed by atoms with Gasteiger partial charge in [0.1, 0.15) is 23.4 Å². The van der Waals surface area contributed by atoms with Crippen LogP contribution in [0, 0.1) is 0 Å². The second kappa shape index (κ2) is 16.3. The highest BCUT2D eigenvalue weighted by Gasteiger charge is 2.30. The molecule has 1 rings (SSSR count). The molecule has 12 nitrogen and oxygen atoms in total. The number of nitrogens with zero attached hydrogens (tertiary/aromatic N) is 4. The van der Waals surface area contributed by atoms with Crippen LogP contribution in [-0.2, 0) is 18.9 Å². The number of hydrogen-bond acceptors (Lipinski definition) is 8. The lowest BCUT2D eigenvalue weighted by atomic mass is 10.2. The first kappa shape index (κ1) is 39.0. The van der Waals surface area contributed by atoms with Crippen molar-refractivity contribution in [3.8, 4) is 0 Å². The summed E-state index contributed by atoms with van der Waals surface area (Å²) in [6.07, 6.45) is -1.67. The van der Waals surface area contributed by atoms with Gasteiger partial charge >= 0.3 is 24.4 Å². The average Bonchev–Trinajstić information content (AvgIpc) is 2.79. The maximum Gasteiger partial charge on any atom is 0.410 e. The van der Waals surface area contributed by atoms with Gasteiger partial charge < -0.3 is 38.5 Å². The Morgan fingerprint density at radius 2 is 0.744 bits per heavy atom. The quantitative estimate of drug-likeness (QED) is 0.235. The molecule has 1 saturated heterocycles. The maximum absolute atomic E-state index is 13.1. The summed E-state index contributed by atoms with van der Waals surface area (Å²) in [7, 11) is 0. The highest BCUT2D eigenvalue weighted by atomic mass is 35.6. The summed E-state index contributed by atoms with van der Waals surface area (Å²) >= 11 is 17.3. The molecule has 0 N–H and O–H groups in total. The Morgan fingerprint density at radius 3 is 0.977 bits per heavy atom. The van der Waals surface area contributed by atoms with E-state index in [9.17, 15) is 19.2 Å². The van der Waals surface area contributed by atoms with Crippen molar-refractivity contribution in [1.29, 1.82) is 0 Å². The molecule has 0 radical (unpaired) electrons. The van der Waals surface area contributed by atoms with Crippen LogP contribution in [0.2, 0.25) is 0 Å². The molecule has 1 aliphatic heterocycles. The molecule has 1 fully saturated rings. The molecule has 4 amide bonds. The molecule has 0 atom stereocenters. The minimum atomic E-state index is -1.80. The zero-order valence-corrected chi connectivity index (χ0v) is 29.2. The fourth-order valence-electron chi connectivity index (χ4n) is 3.78. The lowest BCUT2D eigenvalue weighted by Crippen LogP contribution is -2.48. The minimum absolute atomic E-state index is 0.0835. The van der Waals surface area contributed by atoms with E-state index in [2.05, 4.69) is 0 Å². The van der Waals surface area contributed by atoms with Crippen molar-refractivity contribution in [2.75, 3.05) is 59.0 Å². The molecule has 0 bridgehead atoms. The van der Waals surface area contributed by atoms with Gasteiger partial charge in [-0.05, 0) is 75.2 Å². The molecule has 0 saturated carbocycles. The number of carbonyl (C=O) groups is 4. The predicted molar refractivity (Wildman–Crippen MR) is 166 cm³/mol. The summed E-state index contributed by atoms with van der Waals surface area (Å²) in [5.41, 5.74) is -2.20. The van der Waals surface area contributed by atoms with Crippen LogP contribution in [0.25, 0.3) is 0 Å². The smallest absolute Gasteiger partial charge is 0.410 e. The Hall–Kier alpha value is -2.05. The first-order chi connectivity index (χ1) is 19.5. The molecule has 0 aliphatic carbocycles. The Labute approximate surface area is 271 Å². The molecule has 0 aromatic heterocycles. The van der Waals surface area contributed by atoms with Gasteiger partial charge in [-0.3, -0.25) is 0 Å². The minimum Gasteiger partial charge on any atom is -0.445 e. The van der Waals surface area contributed by atoms with E-state index in [-0.39, 0.29) is 52.4 Å². The normalized spacial score (nSPS) is 17.1. The average molecular weight is 676 g/mol. The molecule has 0 unspecified atom stereocenters. The van der Waals surface area contributed by atoms with E-state index in [0.717, 1.165) is 0 Å². The molecule has 15 heteroatoms. The van der Waals surface area contributed by atoms with Crippen molar-refractivity contribution in [3.05, 3.63) is 0 Å². The summed E-state index contributed by atoms with van der Waals surface area (Å²) in [4.78, 5) is 58.1. The second-order valence-corrected chi connectivity index (χ2v) is 15.8. The first-order valence-corrected chi connectivity index (χ1v) is 15.5. The topological polar surface area (TPSA) is 118 Å². The van der Waals surface area contributed by atoms with Crippen LogP contribution in [0.5, 0.6) is 0 Å². The standard InChI is InChI=1S/C28H49Cl3N4O8/c1-25(2,3)41-22(37)33-14-11-15-35(24(39)43-27(7,8)9)19-18-34(23(38)42-26(4,5)6)13-10-12-32(16-17-33)21(36)40-20-28(29,30)31/h10-20H2,1-9H3. The number of ether oxygens (including phenoxy) is 4. The summed E-state index contributed by atoms with van der Waals surface area (Å²) in [6, 6.07) is 0. The number of halogens is 3. The molecule has 250 valence electrons. The first-order valence-electron chi connectivity index (χ1n) is 14.4. The molecule has 0 spiro atoms. The molecular weight excluding hydrogens is 627 g/mol. The summed E-state index contributed by atoms with van der Waals surface area (Å²) < 4.78 is 20.2. The van der Waals surface area contributed by atoms with Gasteiger partial charge in [0.2, 0.25) is 3.79 Å². The van der Waals surface area contributed by atoms with Gasteiger partial charge in [-0.2, -0.15) is 0 Å². The van der Waals surface area contributed by atoms with Crippen molar-refractivity contribution in [2.45, 2.75) is 95.8 Å². The zero-order chi connectivity index (χ0) is 33.2. The van der Waals surface area contributed by atoms with Crippen LogP contribution in [0.4, 0.5) is 19.2 Å². The van der Waals surface area contributed by atoms with Gasteiger partial charge in [0.15, 0.2) is 0 Å². The van der Waals surface area contributed by atoms with Crippen molar-refractivity contribution in [2.24, 2.45) is 0 Å². The van der Waals surface area contributed by atoms with Crippen molar-refractivity contribution >= 4 is 59.2 Å². The van der Waals surface area contributed by atoms with Crippen molar-refractivity contribution in [1.82, 2.24) is 19.6 Å². The van der Waals surface area contributed by atoms with E-state index < -0.39 is 51.6 Å². The third kappa shape index (κ3) is 17.7. The van der Waals surface area contributed by atoms with E-state index >= 15 is 0 Å². The second-order valence-electron chi connectivity index (χ2n) is 13.3. The van der Waals surface area contributed by atoms with Crippen molar-refractivity contribution < 1.29 is 38.1 Å². The highest BCUT2D eigenvalue weighted by molar-refractivity contribution is 6.67. The maximum atomic E-state index is 13.1. The Morgan fingerprint density at radius 1 is 0.488 bits per heavy atom. The van der Waals surface area contributed by atoms with Crippen LogP contribution in [0.3, 0.4) is 0 Å². The number of amides is 4. The molecule has 43 heavy (non-hydrogen) atoms. The van der Waals surface area contributed by atoms with Crippen LogP contribution < -0.4 is 0 Å². The van der Waals surface area contributed by atoms with Crippen LogP contribution >= 0.6 is 34.8 Å². The van der Waals surface area contributed by atoms with Crippen LogP contribution in [0.1, 0.15) is 75.2 Å². The third-order valence-corrected chi connectivity index (χ3v) is 5.89. The molecule has 0 aromatic rings. The SMILES string of the molecule is CC(C)(C)OC(=O)N1CCCN(C(=O)OC(C)(C)C)CCN(C(=O)OC(C)(C)C)CCCN(C(=O)OCC(Cl)(Cl)Cl)CC1. The van der Waals surface area contributed by atoms with Crippen LogP contribution in [0.15, 0.2) is 0 Å². The van der Waals surface area contributed by atoms with Gasteiger partial charge in [-0.25, -0.2) is 19.2 Å². The van der Waals surface area contributed by atoms with Gasteiger partial charge in [-0.15, -0.1) is 0 Å². The van der Waals surface area contributed by atoms with E-state index in [1.165, 1.54) is 19.6 Å². The molecular formula is C28H49Cl3N4O8. The molecule has 1 heterocycles. The van der Waals surface area contributed by atoms with Gasteiger partial charge in [0, 0.05) is 52.4 Å².